The number of alkyl halides is 3. The number of pyridine rings is 1. The second-order valence-electron chi connectivity index (χ2n) is 9.67. The van der Waals surface area contributed by atoms with Crippen LogP contribution in [0.3, 0.4) is 0 Å². The quantitative estimate of drug-likeness (QED) is 0.439. The summed E-state index contributed by atoms with van der Waals surface area (Å²) in [5, 5.41) is 13.2. The molecule has 0 bridgehead atoms. The Kier molecular flexibility index (Phi) is 6.30. The standard InChI is InChI=1S/C25H26F3N5O5/c1-12(29)20-19(21(34)30-13-7-10-33(11-13)23(35)24(36)8-9-24)32-22(38-20)15-3-5-16(37-2)18-14(15)4-6-17(31-18)25(26,27)28/h3-6,12-13,36H,7-11,29H2,1-2H3,(H,30,34)/t12-,13-/m0/s1. The van der Waals surface area contributed by atoms with E-state index in [-0.39, 0.29) is 52.5 Å². The number of likely N-dealkylation sites (tertiary alicyclic amines) is 1. The number of nitrogens with zero attached hydrogens (tertiary/aromatic N) is 3. The smallest absolute Gasteiger partial charge is 0.433 e. The van der Waals surface area contributed by atoms with Crippen molar-refractivity contribution < 1.29 is 37.0 Å². The summed E-state index contributed by atoms with van der Waals surface area (Å²) < 4.78 is 50.9. The summed E-state index contributed by atoms with van der Waals surface area (Å²) in [4.78, 5) is 35.2. The van der Waals surface area contributed by atoms with Gasteiger partial charge in [0.05, 0.1) is 13.2 Å². The van der Waals surface area contributed by atoms with E-state index in [0.717, 1.165) is 6.07 Å². The number of halogens is 3. The minimum atomic E-state index is -4.65. The molecule has 3 aromatic rings. The number of rotatable bonds is 6. The summed E-state index contributed by atoms with van der Waals surface area (Å²) in [6.45, 7) is 2.26. The monoisotopic (exact) mass is 533 g/mol. The molecule has 1 aliphatic heterocycles. The van der Waals surface area contributed by atoms with Crippen molar-refractivity contribution in [2.75, 3.05) is 20.2 Å². The number of aliphatic hydroxyl groups is 1. The summed E-state index contributed by atoms with van der Waals surface area (Å²) in [6.07, 6.45) is -3.28. The van der Waals surface area contributed by atoms with Crippen LogP contribution in [0, 0.1) is 0 Å². The van der Waals surface area contributed by atoms with Gasteiger partial charge >= 0.3 is 6.18 Å². The van der Waals surface area contributed by atoms with Gasteiger partial charge in [0, 0.05) is 30.1 Å². The van der Waals surface area contributed by atoms with Crippen molar-refractivity contribution in [3.8, 4) is 17.2 Å². The van der Waals surface area contributed by atoms with E-state index in [1.807, 2.05) is 0 Å². The Hall–Kier alpha value is -3.71. The predicted octanol–water partition coefficient (Wildman–Crippen LogP) is 2.79. The average molecular weight is 534 g/mol. The van der Waals surface area contributed by atoms with E-state index >= 15 is 0 Å². The third-order valence-corrected chi connectivity index (χ3v) is 6.78. The number of hydrogen-bond acceptors (Lipinski definition) is 8. The van der Waals surface area contributed by atoms with E-state index in [1.54, 1.807) is 13.0 Å². The fraction of sp³-hybridized carbons (Fsp3) is 0.440. The Labute approximate surface area is 215 Å². The molecule has 5 rings (SSSR count). The van der Waals surface area contributed by atoms with Gasteiger partial charge in [0.25, 0.3) is 11.8 Å². The molecule has 1 saturated carbocycles. The van der Waals surface area contributed by atoms with Crippen molar-refractivity contribution >= 4 is 22.7 Å². The molecule has 10 nitrogen and oxygen atoms in total. The van der Waals surface area contributed by atoms with Crippen LogP contribution in [-0.4, -0.2) is 63.6 Å². The van der Waals surface area contributed by atoms with Gasteiger partial charge in [0.15, 0.2) is 11.5 Å². The van der Waals surface area contributed by atoms with Gasteiger partial charge in [-0.05, 0) is 50.5 Å². The van der Waals surface area contributed by atoms with Gasteiger partial charge in [-0.15, -0.1) is 0 Å². The van der Waals surface area contributed by atoms with Crippen molar-refractivity contribution in [3.63, 3.8) is 0 Å². The molecule has 0 unspecified atom stereocenters. The number of hydrogen-bond donors (Lipinski definition) is 3. The predicted molar refractivity (Wildman–Crippen MR) is 128 cm³/mol. The van der Waals surface area contributed by atoms with Crippen molar-refractivity contribution in [3.05, 3.63) is 41.4 Å². The number of carbonyl (C=O) groups excluding carboxylic acids is 2. The van der Waals surface area contributed by atoms with Gasteiger partial charge in [-0.1, -0.05) is 0 Å². The molecule has 3 heterocycles. The molecule has 1 saturated heterocycles. The van der Waals surface area contributed by atoms with Crippen LogP contribution in [0.25, 0.3) is 22.4 Å². The van der Waals surface area contributed by atoms with E-state index in [1.165, 1.54) is 24.1 Å². The van der Waals surface area contributed by atoms with E-state index in [9.17, 15) is 27.9 Å². The normalized spacial score (nSPS) is 19.4. The molecule has 1 aliphatic carbocycles. The first-order chi connectivity index (χ1) is 17.9. The topological polar surface area (TPSA) is 144 Å². The number of nitrogens with two attached hydrogens (primary N) is 1. The molecule has 2 aromatic heterocycles. The first-order valence-electron chi connectivity index (χ1n) is 12.1. The van der Waals surface area contributed by atoms with Gasteiger partial charge in [-0.2, -0.15) is 13.2 Å². The summed E-state index contributed by atoms with van der Waals surface area (Å²) in [5.74, 6) is -0.687. The van der Waals surface area contributed by atoms with Gasteiger partial charge < -0.3 is 30.2 Å². The Morgan fingerprint density at radius 1 is 1.26 bits per heavy atom. The molecular weight excluding hydrogens is 507 g/mol. The van der Waals surface area contributed by atoms with Crippen molar-refractivity contribution in [1.82, 2.24) is 20.2 Å². The highest BCUT2D eigenvalue weighted by Gasteiger charge is 2.51. The molecular formula is C25H26F3N5O5. The first kappa shape index (κ1) is 25.9. The Morgan fingerprint density at radius 2 is 2.00 bits per heavy atom. The Balaban J connectivity index is 1.44. The van der Waals surface area contributed by atoms with E-state index in [2.05, 4.69) is 15.3 Å². The molecule has 0 spiro atoms. The van der Waals surface area contributed by atoms with Gasteiger partial charge in [-0.3, -0.25) is 9.59 Å². The zero-order valence-electron chi connectivity index (χ0n) is 20.6. The van der Waals surface area contributed by atoms with E-state index in [0.29, 0.717) is 31.4 Å². The summed E-state index contributed by atoms with van der Waals surface area (Å²) in [6, 6.07) is 4.01. The molecule has 1 aromatic carbocycles. The number of oxazole rings is 1. The van der Waals surface area contributed by atoms with Crippen LogP contribution in [0.2, 0.25) is 0 Å². The molecule has 13 heteroatoms. The number of nitrogens with one attached hydrogen (secondary N) is 1. The third-order valence-electron chi connectivity index (χ3n) is 6.78. The largest absolute Gasteiger partial charge is 0.494 e. The number of fused-ring (bicyclic) bond motifs is 1. The first-order valence-corrected chi connectivity index (χ1v) is 12.1. The zero-order valence-corrected chi connectivity index (χ0v) is 20.6. The lowest BCUT2D eigenvalue weighted by Crippen LogP contribution is -2.42. The molecule has 4 N–H and O–H groups in total. The average Bonchev–Trinajstić information content (AvgIpc) is 3.27. The highest BCUT2D eigenvalue weighted by atomic mass is 19.4. The minimum absolute atomic E-state index is 0.0177. The van der Waals surface area contributed by atoms with Crippen LogP contribution in [-0.2, 0) is 11.0 Å². The second-order valence-corrected chi connectivity index (χ2v) is 9.67. The molecule has 2 atom stereocenters. The van der Waals surface area contributed by atoms with Crippen LogP contribution < -0.4 is 15.8 Å². The van der Waals surface area contributed by atoms with Crippen molar-refractivity contribution in [2.45, 2.75) is 50.0 Å². The highest BCUT2D eigenvalue weighted by molar-refractivity contribution is 5.98. The molecule has 2 amide bonds. The molecule has 0 radical (unpaired) electrons. The number of methoxy groups -OCH3 is 1. The maximum absolute atomic E-state index is 13.3. The molecule has 38 heavy (non-hydrogen) atoms. The Morgan fingerprint density at radius 3 is 2.63 bits per heavy atom. The maximum atomic E-state index is 13.3. The maximum Gasteiger partial charge on any atom is 0.433 e. The number of carbonyl (C=O) groups is 2. The van der Waals surface area contributed by atoms with Crippen LogP contribution in [0.5, 0.6) is 5.75 Å². The molecule has 2 aliphatic rings. The lowest BCUT2D eigenvalue weighted by Gasteiger charge is -2.20. The molecule has 2 fully saturated rings. The van der Waals surface area contributed by atoms with Crippen LogP contribution >= 0.6 is 0 Å². The number of ether oxygens (including phenoxy) is 1. The van der Waals surface area contributed by atoms with Gasteiger partial charge in [0.1, 0.15) is 22.6 Å². The second kappa shape index (κ2) is 9.24. The van der Waals surface area contributed by atoms with Crippen molar-refractivity contribution in [1.29, 1.82) is 0 Å². The summed E-state index contributed by atoms with van der Waals surface area (Å²) in [5.41, 5.74) is 3.88. The van der Waals surface area contributed by atoms with Gasteiger partial charge in [0.2, 0.25) is 5.89 Å². The van der Waals surface area contributed by atoms with Crippen LogP contribution in [0.1, 0.15) is 54.2 Å². The minimum Gasteiger partial charge on any atom is -0.494 e. The van der Waals surface area contributed by atoms with E-state index in [4.69, 9.17) is 14.9 Å². The number of amides is 2. The fourth-order valence-electron chi connectivity index (χ4n) is 4.56. The lowest BCUT2D eigenvalue weighted by atomic mass is 10.1. The molecule has 202 valence electrons. The highest BCUT2D eigenvalue weighted by Crippen LogP contribution is 2.39. The zero-order chi connectivity index (χ0) is 27.4. The van der Waals surface area contributed by atoms with Crippen molar-refractivity contribution in [2.24, 2.45) is 5.73 Å². The summed E-state index contributed by atoms with van der Waals surface area (Å²) >= 11 is 0. The SMILES string of the molecule is COc1ccc(-c2nc(C(=O)N[C@H]3CCN(C(=O)C4(O)CC4)C3)c([C@H](C)N)o2)c2ccc(C(F)(F)F)nc12. The summed E-state index contributed by atoms with van der Waals surface area (Å²) in [7, 11) is 1.32. The fourth-order valence-corrected chi connectivity index (χ4v) is 4.56. The Bertz CT molecular complexity index is 1420. The van der Waals surface area contributed by atoms with Gasteiger partial charge in [-0.25, -0.2) is 9.97 Å². The lowest BCUT2D eigenvalue weighted by molar-refractivity contribution is -0.141. The third kappa shape index (κ3) is 4.67. The van der Waals surface area contributed by atoms with E-state index < -0.39 is 29.4 Å². The van der Waals surface area contributed by atoms with Crippen LogP contribution in [0.4, 0.5) is 13.2 Å². The van der Waals surface area contributed by atoms with Crippen LogP contribution in [0.15, 0.2) is 28.7 Å². The number of benzene rings is 1. The number of aromatic nitrogens is 2.